The maximum Gasteiger partial charge on any atom is 0.144 e. The second-order valence-corrected chi connectivity index (χ2v) is 7.69. The first-order valence-corrected chi connectivity index (χ1v) is 10.2. The highest BCUT2D eigenvalue weighted by Crippen LogP contribution is 2.41. The van der Waals surface area contributed by atoms with E-state index in [2.05, 4.69) is 36.1 Å². The molecule has 0 spiro atoms. The molecule has 0 saturated carbocycles. The van der Waals surface area contributed by atoms with Gasteiger partial charge in [-0.25, -0.2) is 0 Å². The lowest BCUT2D eigenvalue weighted by molar-refractivity contribution is -0.113. The molecular formula is C24H29N3O. The summed E-state index contributed by atoms with van der Waals surface area (Å²) in [4.78, 5) is 14.8. The van der Waals surface area contributed by atoms with E-state index < -0.39 is 5.54 Å². The second kappa shape index (κ2) is 9.03. The first kappa shape index (κ1) is 20.1. The Morgan fingerprint density at radius 2 is 1.82 bits per heavy atom. The molecule has 1 aliphatic rings. The minimum Gasteiger partial charge on any atom is -0.371 e. The first-order chi connectivity index (χ1) is 13.6. The molecule has 0 radical (unpaired) electrons. The third kappa shape index (κ3) is 3.95. The Kier molecular flexibility index (Phi) is 6.49. The zero-order chi connectivity index (χ0) is 20.0. The molecule has 0 amide bonds. The Hall–Kier alpha value is -2.64. The molecule has 2 atom stereocenters. The summed E-state index contributed by atoms with van der Waals surface area (Å²) in [6.45, 7) is 4.22. The van der Waals surface area contributed by atoms with Crippen LogP contribution in [0.15, 0.2) is 48.5 Å². The lowest BCUT2D eigenvalue weighted by Crippen LogP contribution is -2.45. The molecule has 0 aliphatic carbocycles. The van der Waals surface area contributed by atoms with E-state index in [0.29, 0.717) is 5.56 Å². The Balaban J connectivity index is 2.06. The van der Waals surface area contributed by atoms with E-state index in [1.165, 1.54) is 24.9 Å². The average molecular weight is 376 g/mol. The molecule has 2 aromatic carbocycles. The molecule has 1 heterocycles. The number of benzene rings is 2. The van der Waals surface area contributed by atoms with E-state index in [1.807, 2.05) is 18.2 Å². The normalized spacial score (nSPS) is 17.4. The van der Waals surface area contributed by atoms with Gasteiger partial charge in [0.15, 0.2) is 0 Å². The van der Waals surface area contributed by atoms with E-state index in [-0.39, 0.29) is 5.92 Å². The SMILES string of the molecule is CCCC(c1ccccc1N1CCCCC1)C(N)(C=O)c1ccc(C#N)cc1. The van der Waals surface area contributed by atoms with Gasteiger partial charge in [-0.3, -0.25) is 0 Å². The Morgan fingerprint density at radius 3 is 2.43 bits per heavy atom. The quantitative estimate of drug-likeness (QED) is 0.724. The lowest BCUT2D eigenvalue weighted by atomic mass is 9.73. The number of hydrogen-bond acceptors (Lipinski definition) is 4. The van der Waals surface area contributed by atoms with Gasteiger partial charge in [-0.1, -0.05) is 43.7 Å². The number of aldehydes is 1. The molecule has 2 aromatic rings. The van der Waals surface area contributed by atoms with Crippen molar-refractivity contribution in [2.75, 3.05) is 18.0 Å². The van der Waals surface area contributed by atoms with Crippen LogP contribution in [0.1, 0.15) is 61.6 Å². The van der Waals surface area contributed by atoms with Crippen LogP contribution in [0.25, 0.3) is 0 Å². The van der Waals surface area contributed by atoms with Crippen molar-refractivity contribution in [3.63, 3.8) is 0 Å². The van der Waals surface area contributed by atoms with Crippen LogP contribution in [0.4, 0.5) is 5.69 Å². The van der Waals surface area contributed by atoms with Crippen molar-refractivity contribution < 1.29 is 4.79 Å². The average Bonchev–Trinajstić information content (AvgIpc) is 2.77. The number of carbonyl (C=O) groups is 1. The molecule has 4 heteroatoms. The summed E-state index contributed by atoms with van der Waals surface area (Å²) in [6.07, 6.45) is 6.31. The number of anilines is 1. The van der Waals surface area contributed by atoms with Gasteiger partial charge in [-0.15, -0.1) is 0 Å². The maximum atomic E-state index is 12.4. The largest absolute Gasteiger partial charge is 0.371 e. The number of nitrogens with zero attached hydrogens (tertiary/aromatic N) is 2. The Morgan fingerprint density at radius 1 is 1.14 bits per heavy atom. The molecule has 4 nitrogen and oxygen atoms in total. The van der Waals surface area contributed by atoms with Crippen molar-refractivity contribution in [2.24, 2.45) is 5.73 Å². The molecule has 2 N–H and O–H groups in total. The van der Waals surface area contributed by atoms with Gasteiger partial charge in [0.1, 0.15) is 11.8 Å². The summed E-state index contributed by atoms with van der Waals surface area (Å²) in [5, 5.41) is 9.08. The van der Waals surface area contributed by atoms with E-state index in [0.717, 1.165) is 43.3 Å². The highest BCUT2D eigenvalue weighted by atomic mass is 16.1. The van der Waals surface area contributed by atoms with E-state index in [9.17, 15) is 4.79 Å². The third-order valence-electron chi connectivity index (χ3n) is 5.87. The molecule has 3 rings (SSSR count). The molecule has 1 aliphatic heterocycles. The summed E-state index contributed by atoms with van der Waals surface area (Å²) in [5.41, 5.74) is 9.34. The van der Waals surface area contributed by atoms with Crippen LogP contribution in [0, 0.1) is 11.3 Å². The van der Waals surface area contributed by atoms with Crippen molar-refractivity contribution in [3.8, 4) is 6.07 Å². The van der Waals surface area contributed by atoms with Crippen molar-refractivity contribution >= 4 is 12.0 Å². The summed E-state index contributed by atoms with van der Waals surface area (Å²) >= 11 is 0. The number of rotatable bonds is 7. The molecule has 1 saturated heterocycles. The highest BCUT2D eigenvalue weighted by Gasteiger charge is 2.38. The maximum absolute atomic E-state index is 12.4. The van der Waals surface area contributed by atoms with Crippen LogP contribution in [0.2, 0.25) is 0 Å². The van der Waals surface area contributed by atoms with Crippen molar-refractivity contribution in [1.82, 2.24) is 0 Å². The van der Waals surface area contributed by atoms with Crippen LogP contribution >= 0.6 is 0 Å². The van der Waals surface area contributed by atoms with Crippen LogP contribution in [0.3, 0.4) is 0 Å². The summed E-state index contributed by atoms with van der Waals surface area (Å²) in [5.74, 6) is -0.124. The van der Waals surface area contributed by atoms with E-state index in [4.69, 9.17) is 11.0 Å². The van der Waals surface area contributed by atoms with Gasteiger partial charge in [0.05, 0.1) is 11.6 Å². The van der Waals surface area contributed by atoms with Crippen LogP contribution in [-0.4, -0.2) is 19.4 Å². The minimum absolute atomic E-state index is 0.124. The number of piperidine rings is 1. The Bertz CT molecular complexity index is 834. The fourth-order valence-corrected chi connectivity index (χ4v) is 4.33. The van der Waals surface area contributed by atoms with Gasteiger partial charge in [0, 0.05) is 24.7 Å². The van der Waals surface area contributed by atoms with E-state index in [1.54, 1.807) is 12.1 Å². The Labute approximate surface area is 168 Å². The summed E-state index contributed by atoms with van der Waals surface area (Å²) in [6, 6.07) is 17.6. The number of carbonyl (C=O) groups excluding carboxylic acids is 1. The van der Waals surface area contributed by atoms with Gasteiger partial charge in [-0.2, -0.15) is 5.26 Å². The van der Waals surface area contributed by atoms with Crippen LogP contribution < -0.4 is 10.6 Å². The molecule has 0 aromatic heterocycles. The van der Waals surface area contributed by atoms with Gasteiger partial charge < -0.3 is 15.4 Å². The van der Waals surface area contributed by atoms with Gasteiger partial charge >= 0.3 is 0 Å². The van der Waals surface area contributed by atoms with Crippen molar-refractivity contribution in [1.29, 1.82) is 5.26 Å². The number of hydrogen-bond donors (Lipinski definition) is 1. The molecule has 0 bridgehead atoms. The van der Waals surface area contributed by atoms with Crippen molar-refractivity contribution in [2.45, 2.75) is 50.5 Å². The summed E-state index contributed by atoms with van der Waals surface area (Å²) in [7, 11) is 0. The second-order valence-electron chi connectivity index (χ2n) is 7.69. The van der Waals surface area contributed by atoms with Crippen molar-refractivity contribution in [3.05, 3.63) is 65.2 Å². The molecule has 146 valence electrons. The minimum atomic E-state index is -1.13. The van der Waals surface area contributed by atoms with E-state index >= 15 is 0 Å². The number of nitrogens with two attached hydrogens (primary N) is 1. The van der Waals surface area contributed by atoms with Gasteiger partial charge in [-0.05, 0) is 55.0 Å². The monoisotopic (exact) mass is 375 g/mol. The molecule has 2 unspecified atom stereocenters. The molecule has 28 heavy (non-hydrogen) atoms. The fourth-order valence-electron chi connectivity index (χ4n) is 4.33. The lowest BCUT2D eigenvalue weighted by Gasteiger charge is -2.38. The zero-order valence-corrected chi connectivity index (χ0v) is 16.6. The predicted octanol–water partition coefficient (Wildman–Crippen LogP) is 4.49. The van der Waals surface area contributed by atoms with Gasteiger partial charge in [0.25, 0.3) is 0 Å². The van der Waals surface area contributed by atoms with Crippen LogP contribution in [-0.2, 0) is 10.3 Å². The topological polar surface area (TPSA) is 70.1 Å². The number of nitriles is 1. The van der Waals surface area contributed by atoms with Crippen LogP contribution in [0.5, 0.6) is 0 Å². The summed E-state index contributed by atoms with van der Waals surface area (Å²) < 4.78 is 0. The smallest absolute Gasteiger partial charge is 0.144 e. The third-order valence-corrected chi connectivity index (χ3v) is 5.87. The zero-order valence-electron chi connectivity index (χ0n) is 16.6. The number of para-hydroxylation sites is 1. The predicted molar refractivity (Wildman–Crippen MR) is 113 cm³/mol. The molecule has 1 fully saturated rings. The fraction of sp³-hybridized carbons (Fsp3) is 0.417. The molecular weight excluding hydrogens is 346 g/mol. The van der Waals surface area contributed by atoms with Gasteiger partial charge in [0.2, 0.25) is 0 Å². The first-order valence-electron chi connectivity index (χ1n) is 10.2. The highest BCUT2D eigenvalue weighted by molar-refractivity contribution is 5.72. The standard InChI is InChI=1S/C24H29N3O/c1-2-8-22(24(26,18-28)20-13-11-19(17-25)12-14-20)21-9-4-5-10-23(21)27-15-6-3-7-16-27/h4-5,9-14,18,22H,2-3,6-8,15-16,26H2,1H3.